The molecular formula is C33H39F2N5O4. The van der Waals surface area contributed by atoms with Crippen LogP contribution >= 0.6 is 0 Å². The first-order chi connectivity index (χ1) is 20.9. The molecule has 3 saturated carbocycles. The number of fused-ring (bicyclic) bond motifs is 7. The number of rotatable bonds is 4. The van der Waals surface area contributed by atoms with Crippen molar-refractivity contribution in [3.63, 3.8) is 0 Å². The minimum atomic E-state index is -1.30. The molecule has 0 radical (unpaired) electrons. The lowest BCUT2D eigenvalue weighted by molar-refractivity contribution is -0.149. The highest BCUT2D eigenvalue weighted by atomic mass is 19.1. The number of nitrogens with one attached hydrogen (secondary N) is 2. The van der Waals surface area contributed by atoms with Crippen molar-refractivity contribution < 1.29 is 28.0 Å². The van der Waals surface area contributed by atoms with Crippen LogP contribution in [-0.2, 0) is 24.6 Å². The summed E-state index contributed by atoms with van der Waals surface area (Å²) in [6.07, 6.45) is 2.51. The molecule has 234 valence electrons. The third-order valence-corrected chi connectivity index (χ3v) is 11.7. The first kappa shape index (κ1) is 29.2. The van der Waals surface area contributed by atoms with Crippen LogP contribution < -0.4 is 10.6 Å². The van der Waals surface area contributed by atoms with E-state index in [-0.39, 0.29) is 60.7 Å². The predicted octanol–water partition coefficient (Wildman–Crippen LogP) is 3.29. The lowest BCUT2D eigenvalue weighted by Crippen LogP contribution is -2.60. The molecule has 0 aromatic heterocycles. The minimum Gasteiger partial charge on any atom is -0.344 e. The second-order valence-electron chi connectivity index (χ2n) is 15.0. The van der Waals surface area contributed by atoms with Crippen LogP contribution in [0.1, 0.15) is 64.9 Å². The van der Waals surface area contributed by atoms with Crippen molar-refractivity contribution in [2.45, 2.75) is 89.0 Å². The number of likely N-dealkylation sites (tertiary alicyclic amines) is 2. The largest absolute Gasteiger partial charge is 0.344 e. The number of carbonyl (C=O) groups is 4. The van der Waals surface area contributed by atoms with E-state index in [2.05, 4.69) is 16.7 Å². The number of benzene rings is 1. The van der Waals surface area contributed by atoms with Gasteiger partial charge in [0.1, 0.15) is 30.1 Å². The van der Waals surface area contributed by atoms with E-state index in [1.165, 1.54) is 17.0 Å². The fraction of sp³-hybridized carbons (Fsp3) is 0.667. The van der Waals surface area contributed by atoms with Gasteiger partial charge in [0.25, 0.3) is 0 Å². The fourth-order valence-corrected chi connectivity index (χ4v) is 9.18. The lowest BCUT2D eigenvalue weighted by Gasteiger charge is -2.39. The molecule has 9 atom stereocenters. The van der Waals surface area contributed by atoms with Gasteiger partial charge in [-0.3, -0.25) is 19.2 Å². The molecule has 2 bridgehead atoms. The maximum Gasteiger partial charge on any atom is 0.246 e. The van der Waals surface area contributed by atoms with Crippen LogP contribution in [0.5, 0.6) is 0 Å². The summed E-state index contributed by atoms with van der Waals surface area (Å²) in [5, 5.41) is 15.8. The van der Waals surface area contributed by atoms with E-state index in [1.807, 2.05) is 20.8 Å². The molecule has 11 heteroatoms. The Morgan fingerprint density at radius 3 is 2.57 bits per heavy atom. The molecule has 3 heterocycles. The van der Waals surface area contributed by atoms with E-state index in [9.17, 15) is 28.8 Å². The van der Waals surface area contributed by atoms with E-state index < -0.39 is 58.7 Å². The van der Waals surface area contributed by atoms with E-state index >= 15 is 4.39 Å². The van der Waals surface area contributed by atoms with Crippen molar-refractivity contribution in [1.29, 1.82) is 5.26 Å². The van der Waals surface area contributed by atoms with Gasteiger partial charge in [-0.15, -0.1) is 0 Å². The van der Waals surface area contributed by atoms with Crippen molar-refractivity contribution in [1.82, 2.24) is 15.1 Å². The Balaban J connectivity index is 1.24. The minimum absolute atomic E-state index is 0.00780. The summed E-state index contributed by atoms with van der Waals surface area (Å²) >= 11 is 0. The highest BCUT2D eigenvalue weighted by molar-refractivity contribution is 6.07. The average Bonchev–Trinajstić information content (AvgIpc) is 3.73. The predicted molar refractivity (Wildman–Crippen MR) is 155 cm³/mol. The molecule has 4 amide bonds. The number of amides is 4. The van der Waals surface area contributed by atoms with Gasteiger partial charge in [0, 0.05) is 25.4 Å². The van der Waals surface area contributed by atoms with E-state index in [4.69, 9.17) is 0 Å². The summed E-state index contributed by atoms with van der Waals surface area (Å²) in [5.74, 6) is -3.01. The van der Waals surface area contributed by atoms with Crippen molar-refractivity contribution in [3.8, 4) is 6.07 Å². The van der Waals surface area contributed by atoms with Crippen molar-refractivity contribution in [3.05, 3.63) is 29.6 Å². The number of halogens is 2. The van der Waals surface area contributed by atoms with Crippen LogP contribution in [0.3, 0.4) is 0 Å². The van der Waals surface area contributed by atoms with Crippen LogP contribution in [0.4, 0.5) is 14.5 Å². The van der Waals surface area contributed by atoms with Gasteiger partial charge in [0.05, 0.1) is 17.2 Å². The molecule has 9 unspecified atom stereocenters. The van der Waals surface area contributed by atoms with E-state index in [1.54, 1.807) is 11.0 Å². The Morgan fingerprint density at radius 2 is 1.91 bits per heavy atom. The van der Waals surface area contributed by atoms with E-state index in [0.29, 0.717) is 18.4 Å². The molecule has 6 aliphatic rings. The van der Waals surface area contributed by atoms with Gasteiger partial charge in [0.15, 0.2) is 0 Å². The Bertz CT molecular complexity index is 1480. The van der Waals surface area contributed by atoms with Crippen molar-refractivity contribution in [2.24, 2.45) is 35.0 Å². The second kappa shape index (κ2) is 9.98. The number of carbonyl (C=O) groups excluding carboxylic acids is 4. The normalized spacial score (nSPS) is 36.1. The molecule has 2 N–H and O–H groups in total. The Hall–Kier alpha value is -3.55. The van der Waals surface area contributed by atoms with Gasteiger partial charge in [-0.2, -0.15) is 5.26 Å². The number of nitrogens with zero attached hydrogens (tertiary/aromatic N) is 3. The zero-order chi connectivity index (χ0) is 31.3. The Morgan fingerprint density at radius 1 is 1.16 bits per heavy atom. The fourth-order valence-electron chi connectivity index (χ4n) is 9.18. The lowest BCUT2D eigenvalue weighted by atomic mass is 9.77. The molecule has 44 heavy (non-hydrogen) atoms. The molecule has 7 rings (SSSR count). The average molecular weight is 608 g/mol. The van der Waals surface area contributed by atoms with Gasteiger partial charge in [-0.05, 0) is 66.4 Å². The maximum absolute atomic E-state index is 15.3. The van der Waals surface area contributed by atoms with Gasteiger partial charge >= 0.3 is 0 Å². The zero-order valence-corrected chi connectivity index (χ0v) is 25.3. The van der Waals surface area contributed by atoms with Gasteiger partial charge in [0.2, 0.25) is 23.6 Å². The number of hydrogen-bond donors (Lipinski definition) is 2. The van der Waals surface area contributed by atoms with Crippen molar-refractivity contribution in [2.75, 3.05) is 18.4 Å². The monoisotopic (exact) mass is 607 g/mol. The highest BCUT2D eigenvalue weighted by Gasteiger charge is 2.65. The van der Waals surface area contributed by atoms with Crippen LogP contribution in [-0.4, -0.2) is 70.8 Å². The molecule has 9 nitrogen and oxygen atoms in total. The Labute approximate surface area is 255 Å². The standard InChI is InChI=1S/C33H39F2N5O4/c1-32(2,3)27(38-28(41)16-6-4-7-16)30(43)39-14-20-17-10-19(23(35)11-17)24(20)26(39)29(42)40-15-33(12-18(40)13-36)21-8-5-9-22(34)25(21)37-31(33)44/h5,8-9,16-20,23-24,26-27H,4,6-7,10-12,14-15H2,1-3H3,(H,37,44)(H,38,41). The first-order valence-corrected chi connectivity index (χ1v) is 15.9. The Kier molecular flexibility index (Phi) is 6.62. The summed E-state index contributed by atoms with van der Waals surface area (Å²) < 4.78 is 29.9. The van der Waals surface area contributed by atoms with Crippen LogP contribution in [0.15, 0.2) is 18.2 Å². The third kappa shape index (κ3) is 4.12. The molecular weight excluding hydrogens is 568 g/mol. The number of para-hydroxylation sites is 1. The molecule has 1 aromatic rings. The summed E-state index contributed by atoms with van der Waals surface area (Å²) in [6.45, 7) is 5.76. The number of alkyl halides is 1. The zero-order valence-electron chi connectivity index (χ0n) is 25.3. The van der Waals surface area contributed by atoms with Crippen LogP contribution in [0.25, 0.3) is 0 Å². The summed E-state index contributed by atoms with van der Waals surface area (Å²) in [6, 6.07) is 3.67. The number of nitriles is 1. The number of hydrogen-bond acceptors (Lipinski definition) is 5. The van der Waals surface area contributed by atoms with E-state index in [0.717, 1.165) is 19.3 Å². The molecule has 2 saturated heterocycles. The summed E-state index contributed by atoms with van der Waals surface area (Å²) in [7, 11) is 0. The van der Waals surface area contributed by atoms with Gasteiger partial charge in [-0.25, -0.2) is 8.78 Å². The van der Waals surface area contributed by atoms with Gasteiger partial charge in [-0.1, -0.05) is 39.3 Å². The third-order valence-electron chi connectivity index (χ3n) is 11.7. The number of anilines is 1. The summed E-state index contributed by atoms with van der Waals surface area (Å²) in [5.41, 5.74) is -1.50. The first-order valence-electron chi connectivity index (χ1n) is 15.9. The quantitative estimate of drug-likeness (QED) is 0.544. The van der Waals surface area contributed by atoms with Crippen molar-refractivity contribution >= 4 is 29.3 Å². The molecule has 3 aliphatic carbocycles. The smallest absolute Gasteiger partial charge is 0.246 e. The molecule has 3 aliphatic heterocycles. The molecule has 5 fully saturated rings. The van der Waals surface area contributed by atoms with Crippen LogP contribution in [0.2, 0.25) is 0 Å². The van der Waals surface area contributed by atoms with Crippen LogP contribution in [0, 0.1) is 52.2 Å². The maximum atomic E-state index is 15.3. The summed E-state index contributed by atoms with van der Waals surface area (Å²) in [4.78, 5) is 58.5. The highest BCUT2D eigenvalue weighted by Crippen LogP contribution is 2.59. The SMILES string of the molecule is CC(C)(C)C(NC(=O)C1CCC1)C(=O)N1CC2C3CC(F)C(C3)C2C1C(=O)N1CC2(CC1C#N)C(=O)Nc1c(F)cccc12. The molecule has 1 spiro atoms. The topological polar surface area (TPSA) is 123 Å². The second-order valence-corrected chi connectivity index (χ2v) is 15.0. The molecule has 1 aromatic carbocycles. The van der Waals surface area contributed by atoms with Gasteiger partial charge < -0.3 is 20.4 Å².